The molecule has 0 bridgehead atoms. The first-order valence-electron chi connectivity index (χ1n) is 23.3. The summed E-state index contributed by atoms with van der Waals surface area (Å²) in [6.45, 7) is -3.85. The van der Waals surface area contributed by atoms with Crippen molar-refractivity contribution in [1.29, 1.82) is 0 Å². The van der Waals surface area contributed by atoms with E-state index in [4.69, 9.17) is 38.2 Å². The Labute approximate surface area is 494 Å². The topological polar surface area (TPSA) is 180 Å². The van der Waals surface area contributed by atoms with Gasteiger partial charge in [-0.25, -0.2) is 4.99 Å². The molecule has 7 N–H and O–H groups in total. The number of alkyl halides is 5. The number of nitrogens with two attached hydrogens (primary N) is 3. The van der Waals surface area contributed by atoms with E-state index < -0.39 is 18.8 Å². The van der Waals surface area contributed by atoms with Crippen molar-refractivity contribution >= 4 is 72.3 Å². The van der Waals surface area contributed by atoms with Gasteiger partial charge in [-0.05, 0) is 151 Å². The summed E-state index contributed by atoms with van der Waals surface area (Å²) in [4.78, 5) is 24.4. The number of rotatable bonds is 20. The van der Waals surface area contributed by atoms with Crippen LogP contribution < -0.4 is 56.2 Å². The number of aliphatic imine (C=N–C) groups is 2. The zero-order valence-corrected chi connectivity index (χ0v) is 50.8. The number of hydrogen-bond acceptors (Lipinski definition) is 9. The van der Waals surface area contributed by atoms with Crippen molar-refractivity contribution in [2.75, 3.05) is 53.1 Å². The Morgan fingerprint density at radius 1 is 0.733 bits per heavy atom. The molecule has 1 amide bonds. The molecule has 0 fully saturated rings. The first-order valence-corrected chi connectivity index (χ1v) is 27.0. The summed E-state index contributed by atoms with van der Waals surface area (Å²) < 4.78 is 69.2. The predicted molar refractivity (Wildman–Crippen MR) is 306 cm³/mol. The molecule has 6 rings (SSSR count). The second-order valence-corrected chi connectivity index (χ2v) is 17.5. The Balaban J connectivity index is 0. The largest absolute Gasteiger partial charge is 1.00 e. The molecule has 1 aliphatic heterocycles. The monoisotopic (exact) mass is 1290 g/mol. The minimum absolute atomic E-state index is 0. The Hall–Kier alpha value is -4.24. The number of aryl methyl sites for hydroxylation is 3. The number of aliphatic hydroxyl groups excluding tert-OH is 1. The maximum atomic E-state index is 13.3. The van der Waals surface area contributed by atoms with Crippen LogP contribution in [-0.4, -0.2) is 94.1 Å². The van der Waals surface area contributed by atoms with E-state index in [-0.39, 0.29) is 60.3 Å². The van der Waals surface area contributed by atoms with Crippen molar-refractivity contribution in [3.63, 3.8) is 0 Å². The fourth-order valence-electron chi connectivity index (χ4n) is 6.72. The Bertz CT molecular complexity index is 2450. The number of hydrogen-bond donors (Lipinski definition) is 4. The van der Waals surface area contributed by atoms with Gasteiger partial charge in [0.05, 0.1) is 0 Å². The van der Waals surface area contributed by atoms with E-state index in [0.29, 0.717) is 29.9 Å². The molecule has 12 nitrogen and oxygen atoms in total. The van der Waals surface area contributed by atoms with Crippen LogP contribution in [0.25, 0.3) is 0 Å². The molecule has 0 aromatic heterocycles. The average Bonchev–Trinajstić information content (AvgIpc) is 3.62. The maximum absolute atomic E-state index is 13.3. The third-order valence-electron chi connectivity index (χ3n) is 10.4. The molecule has 1 aliphatic rings. The van der Waals surface area contributed by atoms with E-state index in [1.165, 1.54) is 65.9 Å². The average molecular weight is 1300 g/mol. The second kappa shape index (κ2) is 41.9. The minimum Gasteiger partial charge on any atom is -1.00 e. The SMILES string of the molecule is C#Cc1ccc(OC(F)F)cc1.CI.CN=C(N)N.COCCCCc1cccc(Br)c1.COCCCCc1cccc(C2(c3ccc(OC(F)F)cc3)N=C(N)N(C)C2=O)c1.OCCCCc1cccc(Br)c1.[H-].[Na+]. The van der Waals surface area contributed by atoms with Gasteiger partial charge in [-0.15, -0.1) is 6.42 Å². The molecule has 0 radical (unpaired) electrons. The molecule has 5 aromatic rings. The molecule has 0 saturated heterocycles. The number of ether oxygens (including phenoxy) is 4. The third-order valence-corrected chi connectivity index (χ3v) is 11.4. The number of methoxy groups -OCH3 is 2. The van der Waals surface area contributed by atoms with Gasteiger partial charge in [-0.2, -0.15) is 17.6 Å². The molecule has 1 atom stereocenters. The van der Waals surface area contributed by atoms with E-state index in [1.54, 1.807) is 33.4 Å². The summed E-state index contributed by atoms with van der Waals surface area (Å²) in [5.74, 6) is 2.40. The summed E-state index contributed by atoms with van der Waals surface area (Å²) in [5.41, 5.74) is 19.9. The van der Waals surface area contributed by atoms with Crippen LogP contribution in [0, 0.1) is 12.3 Å². The molecule has 0 saturated carbocycles. The van der Waals surface area contributed by atoms with Gasteiger partial charge in [-0.3, -0.25) is 14.7 Å². The van der Waals surface area contributed by atoms with Gasteiger partial charge >= 0.3 is 42.8 Å². The second-order valence-electron chi connectivity index (χ2n) is 15.7. The van der Waals surface area contributed by atoms with E-state index in [1.807, 2.05) is 41.3 Å². The Morgan fingerprint density at radius 3 is 1.51 bits per heavy atom. The number of guanidine groups is 2. The number of terminal acetylenes is 1. The van der Waals surface area contributed by atoms with E-state index in [2.05, 4.69) is 116 Å². The zero-order valence-electron chi connectivity index (χ0n) is 44.5. The van der Waals surface area contributed by atoms with Gasteiger partial charge in [0.15, 0.2) is 17.5 Å². The first kappa shape index (κ1) is 70.8. The van der Waals surface area contributed by atoms with Gasteiger partial charge in [0.2, 0.25) is 0 Å². The van der Waals surface area contributed by atoms with Crippen LogP contribution in [0.4, 0.5) is 17.6 Å². The van der Waals surface area contributed by atoms with Crippen molar-refractivity contribution in [2.24, 2.45) is 27.2 Å². The van der Waals surface area contributed by atoms with Gasteiger partial charge in [0, 0.05) is 62.6 Å². The fraction of sp³-hybridized carbons (Fsp3) is 0.364. The number of halogens is 7. The minimum atomic E-state index is -2.92. The number of likely N-dealkylation sites (N-methyl/N-ethyl adjacent to an activating group) is 1. The quantitative estimate of drug-likeness (QED) is 0.00866. The van der Waals surface area contributed by atoms with Crippen molar-refractivity contribution in [2.45, 2.75) is 76.5 Å². The molecule has 5 aromatic carbocycles. The molecule has 1 heterocycles. The number of benzene rings is 5. The number of nitrogens with zero attached hydrogens (tertiary/aromatic N) is 3. The molecular formula is C55H70Br2F4IN6NaO6. The van der Waals surface area contributed by atoms with Crippen LogP contribution in [0.1, 0.15) is 73.3 Å². The first-order chi connectivity index (χ1) is 35.5. The van der Waals surface area contributed by atoms with Gasteiger partial charge in [0.25, 0.3) is 5.91 Å². The van der Waals surface area contributed by atoms with Gasteiger partial charge in [0.1, 0.15) is 11.5 Å². The van der Waals surface area contributed by atoms with Crippen LogP contribution in [0.5, 0.6) is 11.5 Å². The molecule has 406 valence electrons. The number of amides is 1. The Kier molecular flexibility index (Phi) is 39.5. The van der Waals surface area contributed by atoms with E-state index in [9.17, 15) is 22.4 Å². The maximum Gasteiger partial charge on any atom is 1.00 e. The summed E-state index contributed by atoms with van der Waals surface area (Å²) in [7, 11) is 6.52. The summed E-state index contributed by atoms with van der Waals surface area (Å²) in [5, 5.41) is 8.59. The molecule has 1 unspecified atom stereocenters. The molecule has 75 heavy (non-hydrogen) atoms. The van der Waals surface area contributed by atoms with E-state index in [0.717, 1.165) is 72.5 Å². The normalized spacial score (nSPS) is 13.0. The summed E-state index contributed by atoms with van der Waals surface area (Å²) >= 11 is 9.03. The van der Waals surface area contributed by atoms with Crippen LogP contribution in [-0.2, 0) is 39.1 Å². The molecule has 0 aliphatic carbocycles. The fourth-order valence-corrected chi connectivity index (χ4v) is 7.62. The van der Waals surface area contributed by atoms with Crippen LogP contribution >= 0.6 is 54.5 Å². The summed E-state index contributed by atoms with van der Waals surface area (Å²) in [6.07, 6.45) is 14.3. The predicted octanol–water partition coefficient (Wildman–Crippen LogP) is 8.80. The van der Waals surface area contributed by atoms with Crippen LogP contribution in [0.15, 0.2) is 140 Å². The molecule has 20 heteroatoms. The Morgan fingerprint density at radius 2 is 1.15 bits per heavy atom. The van der Waals surface area contributed by atoms with Crippen molar-refractivity contribution in [1.82, 2.24) is 4.90 Å². The number of unbranched alkanes of at least 4 members (excludes halogenated alkanes) is 3. The smallest absolute Gasteiger partial charge is 1.00 e. The van der Waals surface area contributed by atoms with Crippen LogP contribution in [0.2, 0.25) is 0 Å². The zero-order chi connectivity index (χ0) is 55.3. The van der Waals surface area contributed by atoms with Crippen LogP contribution in [0.3, 0.4) is 0 Å². The molecule has 0 spiro atoms. The number of carbonyl (C=O) groups excluding carboxylic acids is 1. The molecular weight excluding hydrogens is 1230 g/mol. The van der Waals surface area contributed by atoms with Crippen molar-refractivity contribution in [3.05, 3.63) is 164 Å². The van der Waals surface area contributed by atoms with Crippen molar-refractivity contribution < 1.29 is 77.4 Å². The summed E-state index contributed by atoms with van der Waals surface area (Å²) in [6, 6.07) is 36.2. The van der Waals surface area contributed by atoms with Crippen molar-refractivity contribution in [3.8, 4) is 23.8 Å². The van der Waals surface area contributed by atoms with Gasteiger partial charge < -0.3 is 42.7 Å². The number of carbonyl (C=O) groups is 1. The van der Waals surface area contributed by atoms with E-state index >= 15 is 0 Å². The van der Waals surface area contributed by atoms with Gasteiger partial charge in [-0.1, -0.05) is 121 Å². The number of aliphatic hydroxyl groups is 1. The standard InChI is InChI=1S/C22H25F2N3O3.C11H15BrO.C10H13BrO.C9H6F2O.C2H7N3.CH3I.Na.H/c1-27-19(28)22(26-21(27)25,16-9-11-18(12-10-16)30-20(23)24)17-8-5-7-15(14-17)6-3-4-13-29-2;1-13-8-3-2-5-10-6-4-7-11(12)9-10;11-10-6-3-5-9(8-10)4-1-2-7-12;1-2-7-3-5-8(6-4-7)12-9(10)11;1-5-2(3)4;1-2;;/h5,7-12,14,20H,3-4,6,13H2,1-2H3,(H2,25,26);4,6-7,9H,2-3,5,8H2,1H3;3,5-6,8,12H,1-2,4,7H2;1,3-6,9H;1H3,(H4,3,4,5);1H3;;/q;;;;;;+1;-1. The third kappa shape index (κ3) is 28.6.